The van der Waals surface area contributed by atoms with E-state index in [0.717, 1.165) is 26.1 Å². The van der Waals surface area contributed by atoms with Crippen LogP contribution < -0.4 is 5.73 Å². The van der Waals surface area contributed by atoms with Crippen LogP contribution in [0.1, 0.15) is 12.2 Å². The van der Waals surface area contributed by atoms with E-state index in [0.29, 0.717) is 33.9 Å². The molecule has 0 bridgehead atoms. The molecule has 1 atom stereocenters. The first-order valence-corrected chi connectivity index (χ1v) is 6.56. The molecule has 2 aromatic rings. The van der Waals surface area contributed by atoms with Crippen LogP contribution in [0.5, 0.6) is 0 Å². The van der Waals surface area contributed by atoms with E-state index in [1.807, 2.05) is 0 Å². The quantitative estimate of drug-likeness (QED) is 0.874. The van der Waals surface area contributed by atoms with E-state index in [1.165, 1.54) is 0 Å². The molecule has 0 amide bonds. The van der Waals surface area contributed by atoms with Crippen LogP contribution in [-0.2, 0) is 11.2 Å². The predicted octanol–water partition coefficient (Wildman–Crippen LogP) is 2.55. The fourth-order valence-corrected chi connectivity index (χ4v) is 2.36. The lowest BCUT2D eigenvalue weighted by atomic mass is 10.1. The van der Waals surface area contributed by atoms with Gasteiger partial charge in [0, 0.05) is 30.3 Å². The second-order valence-electron chi connectivity index (χ2n) is 4.68. The van der Waals surface area contributed by atoms with Crippen molar-refractivity contribution in [1.29, 1.82) is 0 Å². The summed E-state index contributed by atoms with van der Waals surface area (Å²) in [5.41, 5.74) is 7.14. The van der Waals surface area contributed by atoms with Gasteiger partial charge in [0.25, 0.3) is 5.89 Å². The minimum atomic E-state index is 0.433. The molecule has 19 heavy (non-hydrogen) atoms. The van der Waals surface area contributed by atoms with Gasteiger partial charge in [0.15, 0.2) is 5.82 Å². The molecule has 3 rings (SSSR count). The molecule has 100 valence electrons. The smallest absolute Gasteiger partial charge is 0.260 e. The van der Waals surface area contributed by atoms with Gasteiger partial charge in [-0.15, -0.1) is 0 Å². The number of rotatable bonds is 3. The summed E-state index contributed by atoms with van der Waals surface area (Å²) in [5.74, 6) is 1.61. The summed E-state index contributed by atoms with van der Waals surface area (Å²) in [6, 6.07) is 5.21. The van der Waals surface area contributed by atoms with Crippen LogP contribution in [0.2, 0.25) is 5.02 Å². The third-order valence-corrected chi connectivity index (χ3v) is 3.44. The normalized spacial score (nSPS) is 18.9. The Labute approximate surface area is 115 Å². The lowest BCUT2D eigenvalue weighted by Crippen LogP contribution is -2.04. The van der Waals surface area contributed by atoms with Crippen LogP contribution in [0.4, 0.5) is 5.69 Å². The van der Waals surface area contributed by atoms with Crippen LogP contribution in [0.15, 0.2) is 22.7 Å². The zero-order chi connectivity index (χ0) is 13.2. The first kappa shape index (κ1) is 12.4. The molecule has 1 aliphatic heterocycles. The Hall–Kier alpha value is -1.59. The van der Waals surface area contributed by atoms with Gasteiger partial charge in [0.2, 0.25) is 0 Å². The molecule has 0 saturated carbocycles. The number of benzene rings is 1. The summed E-state index contributed by atoms with van der Waals surface area (Å²) >= 11 is 5.86. The molecule has 2 heterocycles. The standard InChI is InChI=1S/C13H14ClN3O2/c14-9-1-2-10(11(15)6-9)13-16-12(17-19-13)5-8-3-4-18-7-8/h1-2,6,8H,3-5,7,15H2. The summed E-state index contributed by atoms with van der Waals surface area (Å²) in [4.78, 5) is 4.38. The minimum Gasteiger partial charge on any atom is -0.398 e. The van der Waals surface area contributed by atoms with E-state index in [9.17, 15) is 0 Å². The van der Waals surface area contributed by atoms with Crippen molar-refractivity contribution in [3.05, 3.63) is 29.0 Å². The summed E-state index contributed by atoms with van der Waals surface area (Å²) in [6.45, 7) is 1.59. The number of aromatic nitrogens is 2. The number of nitrogen functional groups attached to an aromatic ring is 1. The van der Waals surface area contributed by atoms with Gasteiger partial charge in [-0.05, 0) is 30.5 Å². The van der Waals surface area contributed by atoms with Gasteiger partial charge in [-0.1, -0.05) is 16.8 Å². The Morgan fingerprint density at radius 3 is 3.05 bits per heavy atom. The molecule has 0 radical (unpaired) electrons. The monoisotopic (exact) mass is 279 g/mol. The highest BCUT2D eigenvalue weighted by Gasteiger charge is 2.20. The lowest BCUT2D eigenvalue weighted by molar-refractivity contribution is 0.185. The minimum absolute atomic E-state index is 0.433. The van der Waals surface area contributed by atoms with E-state index in [4.69, 9.17) is 26.6 Å². The number of halogens is 1. The first-order valence-electron chi connectivity index (χ1n) is 6.18. The number of hydrogen-bond donors (Lipinski definition) is 1. The number of anilines is 1. The molecule has 0 spiro atoms. The highest BCUT2D eigenvalue weighted by Crippen LogP contribution is 2.27. The molecule has 1 unspecified atom stereocenters. The SMILES string of the molecule is Nc1cc(Cl)ccc1-c1nc(CC2CCOC2)no1. The van der Waals surface area contributed by atoms with Crippen molar-refractivity contribution in [2.75, 3.05) is 18.9 Å². The maximum atomic E-state index is 5.89. The summed E-state index contributed by atoms with van der Waals surface area (Å²) in [5, 5.41) is 4.58. The van der Waals surface area contributed by atoms with Crippen LogP contribution in [0.3, 0.4) is 0 Å². The molecular formula is C13H14ClN3O2. The largest absolute Gasteiger partial charge is 0.398 e. The average molecular weight is 280 g/mol. The van der Waals surface area contributed by atoms with E-state index in [2.05, 4.69) is 10.1 Å². The molecule has 6 heteroatoms. The zero-order valence-corrected chi connectivity index (χ0v) is 11.1. The molecule has 1 aliphatic rings. The van der Waals surface area contributed by atoms with E-state index < -0.39 is 0 Å². The summed E-state index contributed by atoms with van der Waals surface area (Å²) in [7, 11) is 0. The van der Waals surface area contributed by atoms with Gasteiger partial charge < -0.3 is 15.0 Å². The molecule has 1 aromatic carbocycles. The summed E-state index contributed by atoms with van der Waals surface area (Å²) in [6.07, 6.45) is 1.82. The Bertz CT molecular complexity index is 579. The van der Waals surface area contributed by atoms with Gasteiger partial charge >= 0.3 is 0 Å². The third-order valence-electron chi connectivity index (χ3n) is 3.21. The van der Waals surface area contributed by atoms with Crippen molar-refractivity contribution < 1.29 is 9.26 Å². The van der Waals surface area contributed by atoms with Crippen molar-refractivity contribution >= 4 is 17.3 Å². The van der Waals surface area contributed by atoms with Crippen LogP contribution >= 0.6 is 11.6 Å². The van der Waals surface area contributed by atoms with Crippen LogP contribution in [0.25, 0.3) is 11.5 Å². The first-order chi connectivity index (χ1) is 9.22. The van der Waals surface area contributed by atoms with Crippen molar-refractivity contribution in [2.45, 2.75) is 12.8 Å². The average Bonchev–Trinajstić information content (AvgIpc) is 3.01. The third kappa shape index (κ3) is 2.72. The van der Waals surface area contributed by atoms with Crippen molar-refractivity contribution in [3.8, 4) is 11.5 Å². The van der Waals surface area contributed by atoms with E-state index >= 15 is 0 Å². The number of hydrogen-bond acceptors (Lipinski definition) is 5. The molecule has 1 aromatic heterocycles. The highest BCUT2D eigenvalue weighted by molar-refractivity contribution is 6.31. The fraction of sp³-hybridized carbons (Fsp3) is 0.385. The predicted molar refractivity (Wildman–Crippen MR) is 71.8 cm³/mol. The molecule has 1 fully saturated rings. The summed E-state index contributed by atoms with van der Waals surface area (Å²) < 4.78 is 10.6. The lowest BCUT2D eigenvalue weighted by Gasteiger charge is -2.01. The molecule has 5 nitrogen and oxygen atoms in total. The number of nitrogens with zero attached hydrogens (tertiary/aromatic N) is 2. The van der Waals surface area contributed by atoms with Crippen molar-refractivity contribution in [1.82, 2.24) is 10.1 Å². The second-order valence-corrected chi connectivity index (χ2v) is 5.12. The fourth-order valence-electron chi connectivity index (χ4n) is 2.18. The Morgan fingerprint density at radius 2 is 2.32 bits per heavy atom. The van der Waals surface area contributed by atoms with Gasteiger partial charge in [0.05, 0.1) is 5.56 Å². The Morgan fingerprint density at radius 1 is 1.42 bits per heavy atom. The molecular weight excluding hydrogens is 266 g/mol. The van der Waals surface area contributed by atoms with E-state index in [1.54, 1.807) is 18.2 Å². The van der Waals surface area contributed by atoms with Crippen LogP contribution in [-0.4, -0.2) is 23.4 Å². The Balaban J connectivity index is 1.80. The zero-order valence-electron chi connectivity index (χ0n) is 10.3. The van der Waals surface area contributed by atoms with Gasteiger partial charge in [-0.3, -0.25) is 0 Å². The molecule has 2 N–H and O–H groups in total. The maximum Gasteiger partial charge on any atom is 0.260 e. The topological polar surface area (TPSA) is 74.2 Å². The molecule has 0 aliphatic carbocycles. The maximum absolute atomic E-state index is 5.89. The number of nitrogens with two attached hydrogens (primary N) is 1. The van der Waals surface area contributed by atoms with Crippen molar-refractivity contribution in [3.63, 3.8) is 0 Å². The molecule has 1 saturated heterocycles. The van der Waals surface area contributed by atoms with Gasteiger partial charge in [-0.25, -0.2) is 0 Å². The van der Waals surface area contributed by atoms with Gasteiger partial charge in [-0.2, -0.15) is 4.98 Å². The highest BCUT2D eigenvalue weighted by atomic mass is 35.5. The van der Waals surface area contributed by atoms with Gasteiger partial charge in [0.1, 0.15) is 0 Å². The van der Waals surface area contributed by atoms with E-state index in [-0.39, 0.29) is 0 Å². The van der Waals surface area contributed by atoms with Crippen LogP contribution in [0, 0.1) is 5.92 Å². The number of ether oxygens (including phenoxy) is 1. The van der Waals surface area contributed by atoms with Crippen molar-refractivity contribution in [2.24, 2.45) is 5.92 Å². The second kappa shape index (κ2) is 5.19. The Kier molecular flexibility index (Phi) is 3.40.